The van der Waals surface area contributed by atoms with Gasteiger partial charge in [0.2, 0.25) is 0 Å². The quantitative estimate of drug-likeness (QED) is 0.249. The molecule has 0 saturated heterocycles. The van der Waals surface area contributed by atoms with Gasteiger partial charge in [-0.3, -0.25) is 14.9 Å². The van der Waals surface area contributed by atoms with Gasteiger partial charge >= 0.3 is 0 Å². The van der Waals surface area contributed by atoms with E-state index in [0.29, 0.717) is 0 Å². The first-order chi connectivity index (χ1) is 15.0. The molecule has 0 aliphatic heterocycles. The number of hydroxylamine groups is 1. The molecule has 6 heteroatoms. The number of rotatable bonds is 8. The van der Waals surface area contributed by atoms with Crippen molar-refractivity contribution < 1.29 is 10.0 Å². The number of aromatic nitrogens is 1. The van der Waals surface area contributed by atoms with Gasteiger partial charge in [0.1, 0.15) is 0 Å². The van der Waals surface area contributed by atoms with Gasteiger partial charge in [0.25, 0.3) is 5.91 Å². The van der Waals surface area contributed by atoms with Crippen LogP contribution in [0.25, 0.3) is 16.5 Å². The number of hydrogen-bond donors (Lipinski definition) is 4. The van der Waals surface area contributed by atoms with E-state index in [2.05, 4.69) is 65.5 Å². The molecule has 31 heavy (non-hydrogen) atoms. The molecular weight excluding hydrogens is 388 g/mol. The highest BCUT2D eigenvalue weighted by molar-refractivity contribution is 5.94. The standard InChI is InChI=1S/C23H27N3O2.C2H5N/c1-3-26(14-12-20-5-4-6-22-21(20)11-13-24-22)16-18-7-9-19(10-8-18)17(2)15-23(27)25-28;1-2-3/h4-11,13,15,24,28H,3,12,14,16H2,1-2H3,(H,25,27);2H,1,3H2/b17-15+;. The highest BCUT2D eigenvalue weighted by Gasteiger charge is 2.08. The summed E-state index contributed by atoms with van der Waals surface area (Å²) in [6, 6.07) is 16.8. The van der Waals surface area contributed by atoms with Gasteiger partial charge in [0.05, 0.1) is 0 Å². The first-order valence-electron chi connectivity index (χ1n) is 10.3. The number of nitrogens with zero attached hydrogens (tertiary/aromatic N) is 1. The lowest BCUT2D eigenvalue weighted by Crippen LogP contribution is -2.25. The number of benzene rings is 2. The lowest BCUT2D eigenvalue weighted by molar-refractivity contribution is -0.124. The van der Waals surface area contributed by atoms with Crippen LogP contribution < -0.4 is 11.2 Å². The Kier molecular flexibility index (Phi) is 9.55. The molecule has 0 radical (unpaired) electrons. The van der Waals surface area contributed by atoms with Gasteiger partial charge in [-0.1, -0.05) is 49.9 Å². The number of hydrogen-bond acceptors (Lipinski definition) is 4. The smallest absolute Gasteiger partial charge is 0.267 e. The van der Waals surface area contributed by atoms with E-state index >= 15 is 0 Å². The SMILES string of the molecule is C=CN.CCN(CCc1cccc2[nH]ccc12)Cc1ccc(/C(C)=C/C(=O)NO)cc1. The van der Waals surface area contributed by atoms with Crippen molar-refractivity contribution in [2.75, 3.05) is 13.1 Å². The Morgan fingerprint density at radius 3 is 2.58 bits per heavy atom. The van der Waals surface area contributed by atoms with Crippen molar-refractivity contribution in [3.63, 3.8) is 0 Å². The summed E-state index contributed by atoms with van der Waals surface area (Å²) in [5.41, 5.74) is 11.8. The third kappa shape index (κ3) is 7.13. The molecule has 0 unspecified atom stereocenters. The van der Waals surface area contributed by atoms with Crippen molar-refractivity contribution in [3.05, 3.63) is 90.3 Å². The van der Waals surface area contributed by atoms with Crippen molar-refractivity contribution >= 4 is 22.4 Å². The molecule has 0 fully saturated rings. The molecular formula is C25H32N4O2. The maximum atomic E-state index is 11.3. The normalized spacial score (nSPS) is 11.2. The van der Waals surface area contributed by atoms with Crippen molar-refractivity contribution in [1.82, 2.24) is 15.4 Å². The summed E-state index contributed by atoms with van der Waals surface area (Å²) in [6.45, 7) is 10.0. The molecule has 1 aromatic heterocycles. The minimum atomic E-state index is -0.517. The molecule has 1 heterocycles. The molecule has 0 aliphatic carbocycles. The average molecular weight is 421 g/mol. The van der Waals surface area contributed by atoms with Gasteiger partial charge in [0.15, 0.2) is 0 Å². The van der Waals surface area contributed by atoms with Crippen LogP contribution in [-0.2, 0) is 17.8 Å². The molecule has 3 rings (SSSR count). The molecule has 164 valence electrons. The topological polar surface area (TPSA) is 94.4 Å². The largest absolute Gasteiger partial charge is 0.405 e. The number of carbonyl (C=O) groups excluding carboxylic acids is 1. The van der Waals surface area contributed by atoms with E-state index in [0.717, 1.165) is 37.2 Å². The molecule has 6 nitrogen and oxygen atoms in total. The highest BCUT2D eigenvalue weighted by Crippen LogP contribution is 2.19. The molecule has 3 aromatic rings. The Labute approximate surface area is 184 Å². The first-order valence-corrected chi connectivity index (χ1v) is 10.3. The van der Waals surface area contributed by atoms with Crippen molar-refractivity contribution in [2.45, 2.75) is 26.8 Å². The summed E-state index contributed by atoms with van der Waals surface area (Å²) < 4.78 is 0. The molecule has 5 N–H and O–H groups in total. The van der Waals surface area contributed by atoms with E-state index in [-0.39, 0.29) is 0 Å². The maximum Gasteiger partial charge on any atom is 0.267 e. The monoisotopic (exact) mass is 420 g/mol. The number of carbonyl (C=O) groups is 1. The number of nitrogens with two attached hydrogens (primary N) is 1. The maximum absolute atomic E-state index is 11.3. The molecule has 0 atom stereocenters. The third-order valence-electron chi connectivity index (χ3n) is 5.10. The second-order valence-corrected chi connectivity index (χ2v) is 7.21. The fourth-order valence-electron chi connectivity index (χ4n) is 3.44. The minimum absolute atomic E-state index is 0.517. The summed E-state index contributed by atoms with van der Waals surface area (Å²) in [6.07, 6.45) is 5.64. The van der Waals surface area contributed by atoms with E-state index in [1.165, 1.54) is 34.3 Å². The van der Waals surface area contributed by atoms with E-state index in [9.17, 15) is 4.79 Å². The lowest BCUT2D eigenvalue weighted by atomic mass is 10.0. The summed E-state index contributed by atoms with van der Waals surface area (Å²) in [4.78, 5) is 17.0. The van der Waals surface area contributed by atoms with Gasteiger partial charge < -0.3 is 10.7 Å². The van der Waals surface area contributed by atoms with Crippen molar-refractivity contribution in [2.24, 2.45) is 5.73 Å². The van der Waals surface area contributed by atoms with Crippen molar-refractivity contribution in [1.29, 1.82) is 0 Å². The van der Waals surface area contributed by atoms with Crippen LogP contribution in [0.2, 0.25) is 0 Å². The minimum Gasteiger partial charge on any atom is -0.405 e. The van der Waals surface area contributed by atoms with Crippen LogP contribution in [0.15, 0.2) is 73.6 Å². The van der Waals surface area contributed by atoms with Crippen LogP contribution in [0.4, 0.5) is 0 Å². The van der Waals surface area contributed by atoms with Crippen molar-refractivity contribution in [3.8, 4) is 0 Å². The Morgan fingerprint density at radius 2 is 1.94 bits per heavy atom. The van der Waals surface area contributed by atoms with Crippen LogP contribution >= 0.6 is 0 Å². The van der Waals surface area contributed by atoms with Crippen LogP contribution in [0.5, 0.6) is 0 Å². The number of H-pyrrole nitrogens is 1. The summed E-state index contributed by atoms with van der Waals surface area (Å²) in [7, 11) is 0. The van der Waals surface area contributed by atoms with Gasteiger partial charge in [-0.2, -0.15) is 0 Å². The molecule has 0 saturated carbocycles. The fraction of sp³-hybridized carbons (Fsp3) is 0.240. The number of fused-ring (bicyclic) bond motifs is 1. The molecule has 0 spiro atoms. The van der Waals surface area contributed by atoms with E-state index in [1.807, 2.05) is 25.3 Å². The first kappa shape index (κ1) is 23.9. The lowest BCUT2D eigenvalue weighted by Gasteiger charge is -2.21. The Bertz CT molecular complexity index is 1010. The number of aromatic amines is 1. The Balaban J connectivity index is 0.00000107. The van der Waals surface area contributed by atoms with E-state index in [1.54, 1.807) is 5.48 Å². The predicted molar refractivity (Wildman–Crippen MR) is 127 cm³/mol. The number of allylic oxidation sites excluding steroid dienone is 1. The van der Waals surface area contributed by atoms with Crippen LogP contribution in [0.1, 0.15) is 30.5 Å². The Morgan fingerprint density at radius 1 is 1.23 bits per heavy atom. The number of likely N-dealkylation sites (N-methyl/N-ethyl adjacent to an activating group) is 1. The van der Waals surface area contributed by atoms with Crippen LogP contribution in [0.3, 0.4) is 0 Å². The van der Waals surface area contributed by atoms with Crippen LogP contribution in [0, 0.1) is 0 Å². The predicted octanol–water partition coefficient (Wildman–Crippen LogP) is 4.23. The number of nitrogens with one attached hydrogen (secondary N) is 2. The zero-order valence-electron chi connectivity index (χ0n) is 18.3. The molecule has 1 amide bonds. The van der Waals surface area contributed by atoms with Gasteiger partial charge in [-0.25, -0.2) is 5.48 Å². The van der Waals surface area contributed by atoms with Crippen LogP contribution in [-0.4, -0.2) is 34.1 Å². The highest BCUT2D eigenvalue weighted by atomic mass is 16.5. The second-order valence-electron chi connectivity index (χ2n) is 7.21. The van der Waals surface area contributed by atoms with E-state index < -0.39 is 5.91 Å². The number of amides is 1. The zero-order chi connectivity index (χ0) is 22.6. The molecule has 0 bridgehead atoms. The van der Waals surface area contributed by atoms with Gasteiger partial charge in [-0.05, 0) is 60.5 Å². The van der Waals surface area contributed by atoms with Gasteiger partial charge in [0, 0.05) is 36.3 Å². The molecule has 0 aliphatic rings. The summed E-state index contributed by atoms with van der Waals surface area (Å²) in [5, 5.41) is 9.93. The Hall–Kier alpha value is -3.35. The summed E-state index contributed by atoms with van der Waals surface area (Å²) >= 11 is 0. The zero-order valence-corrected chi connectivity index (χ0v) is 18.3. The third-order valence-corrected chi connectivity index (χ3v) is 5.10. The average Bonchev–Trinajstić information content (AvgIpc) is 3.27. The molecule has 2 aromatic carbocycles. The van der Waals surface area contributed by atoms with E-state index in [4.69, 9.17) is 5.21 Å². The fourth-order valence-corrected chi connectivity index (χ4v) is 3.44. The van der Waals surface area contributed by atoms with Gasteiger partial charge in [-0.15, -0.1) is 0 Å². The summed E-state index contributed by atoms with van der Waals surface area (Å²) in [5.74, 6) is -0.517. The second kappa shape index (κ2) is 12.4.